The van der Waals surface area contributed by atoms with Gasteiger partial charge < -0.3 is 10.1 Å². The smallest absolute Gasteiger partial charge is 0.278 e. The lowest BCUT2D eigenvalue weighted by Gasteiger charge is -2.33. The topological polar surface area (TPSA) is 34.1 Å². The van der Waals surface area contributed by atoms with Gasteiger partial charge >= 0.3 is 0 Å². The van der Waals surface area contributed by atoms with Gasteiger partial charge in [0.05, 0.1) is 5.70 Å². The summed E-state index contributed by atoms with van der Waals surface area (Å²) in [6, 6.07) is 3.45. The van der Waals surface area contributed by atoms with Gasteiger partial charge in [-0.1, -0.05) is 17.7 Å². The van der Waals surface area contributed by atoms with Gasteiger partial charge in [0, 0.05) is 25.1 Å². The van der Waals surface area contributed by atoms with E-state index in [1.165, 1.54) is 19.3 Å². The minimum absolute atomic E-state index is 0.273. The molecule has 96 valence electrons. The largest absolute Gasteiger partial charge is 0.342 e. The summed E-state index contributed by atoms with van der Waals surface area (Å²) in [6.07, 6.45) is 3.36. The van der Waals surface area contributed by atoms with Crippen LogP contribution in [0.3, 0.4) is 0 Å². The summed E-state index contributed by atoms with van der Waals surface area (Å²) in [5, 5.41) is 0.995. The van der Waals surface area contributed by atoms with E-state index < -0.39 is 11.6 Å². The van der Waals surface area contributed by atoms with Crippen molar-refractivity contribution in [1.29, 1.82) is 0 Å². The highest BCUT2D eigenvalue weighted by Crippen LogP contribution is 2.35. The Morgan fingerprint density at radius 2 is 2.00 bits per heavy atom. The molecule has 0 aliphatic carbocycles. The Bertz CT molecular complexity index is 490. The zero-order valence-electron chi connectivity index (χ0n) is 9.53. The van der Waals surface area contributed by atoms with E-state index in [0.29, 0.717) is 5.57 Å². The lowest BCUT2D eigenvalue weighted by molar-refractivity contribution is 0.0755. The van der Waals surface area contributed by atoms with E-state index in [-0.39, 0.29) is 5.70 Å². The predicted molar refractivity (Wildman–Crippen MR) is 65.0 cm³/mol. The molecule has 0 fully saturated rings. The van der Waals surface area contributed by atoms with Gasteiger partial charge in [0.2, 0.25) is 5.18 Å². The zero-order chi connectivity index (χ0) is 13.2. The Morgan fingerprint density at radius 1 is 1.33 bits per heavy atom. The second-order valence-corrected chi connectivity index (χ2v) is 4.20. The van der Waals surface area contributed by atoms with Crippen molar-refractivity contribution in [3.63, 3.8) is 0 Å². The van der Waals surface area contributed by atoms with Crippen LogP contribution in [0.1, 0.15) is 5.56 Å². The number of rotatable bonds is 3. The van der Waals surface area contributed by atoms with Crippen molar-refractivity contribution in [2.45, 2.75) is 11.6 Å². The van der Waals surface area contributed by atoms with Crippen molar-refractivity contribution in [3.8, 4) is 0 Å². The van der Waals surface area contributed by atoms with Crippen LogP contribution in [-0.4, -0.2) is 23.7 Å². The van der Waals surface area contributed by atoms with Crippen LogP contribution in [0.25, 0.3) is 5.57 Å². The van der Waals surface area contributed by atoms with Crippen molar-refractivity contribution in [2.75, 3.05) is 7.11 Å². The number of alkyl halides is 3. The van der Waals surface area contributed by atoms with Crippen molar-refractivity contribution >= 4 is 17.2 Å². The van der Waals surface area contributed by atoms with E-state index in [1.54, 1.807) is 24.5 Å². The van der Waals surface area contributed by atoms with Crippen LogP contribution in [0, 0.1) is 0 Å². The number of halogens is 3. The normalized spacial score (nSPS) is 23.4. The summed E-state index contributed by atoms with van der Waals surface area (Å²) in [5.41, 5.74) is 1.03. The molecule has 2 heterocycles. The van der Waals surface area contributed by atoms with Gasteiger partial charge in [0.15, 0.2) is 0 Å². The van der Waals surface area contributed by atoms with Crippen molar-refractivity contribution in [3.05, 3.63) is 47.9 Å². The number of aromatic nitrogens is 1. The third-order valence-electron chi connectivity index (χ3n) is 2.59. The predicted octanol–water partition coefficient (Wildman–Crippen LogP) is 2.76. The number of ether oxygens (including phenoxy) is 1. The molecule has 2 rings (SSSR count). The molecule has 0 spiro atoms. The summed E-state index contributed by atoms with van der Waals surface area (Å²) in [5.74, 6) is 0. The lowest BCUT2D eigenvalue weighted by atomic mass is 10.0. The first-order valence-corrected chi connectivity index (χ1v) is 5.58. The summed E-state index contributed by atoms with van der Waals surface area (Å²) in [6.45, 7) is 0. The molecule has 6 heteroatoms. The molecule has 1 N–H and O–H groups in total. The first kappa shape index (κ1) is 13.0. The number of dihydropyridines is 1. The van der Waals surface area contributed by atoms with Gasteiger partial charge in [-0.25, -0.2) is 8.78 Å². The Morgan fingerprint density at radius 3 is 2.56 bits per heavy atom. The first-order chi connectivity index (χ1) is 8.57. The number of nitrogens with zero attached hydrogens (tertiary/aromatic N) is 1. The van der Waals surface area contributed by atoms with E-state index in [0.717, 1.165) is 5.56 Å². The van der Waals surface area contributed by atoms with Crippen molar-refractivity contribution in [1.82, 2.24) is 10.3 Å². The average Bonchev–Trinajstić information content (AvgIpc) is 2.39. The fourth-order valence-electron chi connectivity index (χ4n) is 1.68. The van der Waals surface area contributed by atoms with Crippen LogP contribution in [0.4, 0.5) is 8.78 Å². The molecule has 0 aromatic carbocycles. The number of allylic oxidation sites excluding steroid dienone is 3. The molecular weight excluding hydrogens is 262 g/mol. The van der Waals surface area contributed by atoms with Crippen molar-refractivity contribution < 1.29 is 13.5 Å². The molecule has 18 heavy (non-hydrogen) atoms. The molecule has 0 amide bonds. The summed E-state index contributed by atoms with van der Waals surface area (Å²) in [4.78, 5) is 3.89. The maximum absolute atomic E-state index is 12.6. The van der Waals surface area contributed by atoms with Crippen LogP contribution < -0.4 is 5.32 Å². The monoisotopic (exact) mass is 272 g/mol. The molecule has 1 aliphatic rings. The van der Waals surface area contributed by atoms with Gasteiger partial charge in [0.25, 0.3) is 6.43 Å². The van der Waals surface area contributed by atoms with E-state index in [9.17, 15) is 8.78 Å². The number of hydrogen-bond donors (Lipinski definition) is 1. The van der Waals surface area contributed by atoms with Crippen LogP contribution in [0.2, 0.25) is 0 Å². The van der Waals surface area contributed by atoms with E-state index >= 15 is 0 Å². The third kappa shape index (κ3) is 2.37. The average molecular weight is 273 g/mol. The second kappa shape index (κ2) is 5.04. The quantitative estimate of drug-likeness (QED) is 0.679. The van der Waals surface area contributed by atoms with Gasteiger partial charge in [-0.05, 0) is 23.8 Å². The zero-order valence-corrected chi connectivity index (χ0v) is 10.3. The lowest BCUT2D eigenvalue weighted by Crippen LogP contribution is -2.45. The Balaban J connectivity index is 2.44. The van der Waals surface area contributed by atoms with Gasteiger partial charge in [-0.15, -0.1) is 0 Å². The minimum Gasteiger partial charge on any atom is -0.342 e. The molecule has 0 radical (unpaired) electrons. The highest BCUT2D eigenvalue weighted by molar-refractivity contribution is 6.29. The molecule has 1 unspecified atom stereocenters. The number of pyridine rings is 1. The summed E-state index contributed by atoms with van der Waals surface area (Å²) >= 11 is 6.20. The molecule has 1 aliphatic heterocycles. The Labute approximate surface area is 108 Å². The fraction of sp³-hybridized carbons (Fsp3) is 0.250. The number of methoxy groups -OCH3 is 1. The van der Waals surface area contributed by atoms with Gasteiger partial charge in [-0.2, -0.15) is 0 Å². The molecule has 0 saturated carbocycles. The second-order valence-electron chi connectivity index (χ2n) is 3.66. The molecule has 3 nitrogen and oxygen atoms in total. The Kier molecular flexibility index (Phi) is 3.63. The van der Waals surface area contributed by atoms with Gasteiger partial charge in [-0.3, -0.25) is 4.98 Å². The first-order valence-electron chi connectivity index (χ1n) is 5.20. The van der Waals surface area contributed by atoms with Crippen LogP contribution in [0.15, 0.2) is 42.4 Å². The molecule has 1 aromatic heterocycles. The van der Waals surface area contributed by atoms with E-state index in [2.05, 4.69) is 10.3 Å². The summed E-state index contributed by atoms with van der Waals surface area (Å²) in [7, 11) is 1.35. The SMILES string of the molecule is COC1(Cl)NC(C(F)F)=CC=C1c1ccncc1. The van der Waals surface area contributed by atoms with E-state index in [4.69, 9.17) is 16.3 Å². The number of hydrogen-bond acceptors (Lipinski definition) is 3. The fourth-order valence-corrected chi connectivity index (χ4v) is 1.96. The van der Waals surface area contributed by atoms with Crippen LogP contribution >= 0.6 is 11.6 Å². The van der Waals surface area contributed by atoms with Crippen molar-refractivity contribution in [2.24, 2.45) is 0 Å². The van der Waals surface area contributed by atoms with Crippen LogP contribution in [0.5, 0.6) is 0 Å². The standard InChI is InChI=1S/C12H11ClF2N2O/c1-18-12(13)9(8-4-6-16-7-5-8)2-3-10(17-12)11(14)15/h2-7,11,17H,1H3. The molecule has 0 bridgehead atoms. The molecule has 1 aromatic rings. The maximum Gasteiger partial charge on any atom is 0.278 e. The molecule has 1 atom stereocenters. The highest BCUT2D eigenvalue weighted by atomic mass is 35.5. The summed E-state index contributed by atoms with van der Waals surface area (Å²) < 4.78 is 30.4. The van der Waals surface area contributed by atoms with Crippen LogP contribution in [-0.2, 0) is 4.74 Å². The Hall–Kier alpha value is -1.46. The van der Waals surface area contributed by atoms with E-state index in [1.807, 2.05) is 0 Å². The van der Waals surface area contributed by atoms with Gasteiger partial charge in [0.1, 0.15) is 0 Å². The minimum atomic E-state index is -2.63. The highest BCUT2D eigenvalue weighted by Gasteiger charge is 2.37. The molecular formula is C12H11ClF2N2O. The third-order valence-corrected chi connectivity index (χ3v) is 3.04. The molecule has 0 saturated heterocycles. The maximum atomic E-state index is 12.6. The number of nitrogens with one attached hydrogen (secondary N) is 1.